The van der Waals surface area contributed by atoms with Crippen LogP contribution < -0.4 is 10.6 Å². The van der Waals surface area contributed by atoms with Crippen molar-refractivity contribution < 1.29 is 4.79 Å². The number of unbranched alkanes of at least 4 members (excludes halogenated alkanes) is 1. The van der Waals surface area contributed by atoms with Crippen LogP contribution in [0, 0.1) is 0 Å². The van der Waals surface area contributed by atoms with Crippen molar-refractivity contribution in [2.24, 2.45) is 5.73 Å². The first-order valence-corrected chi connectivity index (χ1v) is 6.33. The minimum absolute atomic E-state index is 0.142. The van der Waals surface area contributed by atoms with Crippen LogP contribution in [-0.2, 0) is 17.6 Å². The normalized spacial score (nSPS) is 13.9. The van der Waals surface area contributed by atoms with E-state index in [1.54, 1.807) is 6.92 Å². The number of anilines is 1. The van der Waals surface area contributed by atoms with Crippen molar-refractivity contribution in [2.45, 2.75) is 32.6 Å². The number of benzene rings is 1. The van der Waals surface area contributed by atoms with Gasteiger partial charge in [-0.2, -0.15) is 0 Å². The quantitative estimate of drug-likeness (QED) is 0.806. The van der Waals surface area contributed by atoms with Gasteiger partial charge in [0.2, 0.25) is 5.91 Å². The number of carbonyl (C=O) groups is 1. The maximum Gasteiger partial charge on any atom is 0.223 e. The van der Waals surface area contributed by atoms with Gasteiger partial charge < -0.3 is 10.6 Å². The first-order chi connectivity index (χ1) is 8.24. The zero-order valence-corrected chi connectivity index (χ0v) is 10.4. The van der Waals surface area contributed by atoms with Gasteiger partial charge >= 0.3 is 0 Å². The Morgan fingerprint density at radius 3 is 2.94 bits per heavy atom. The van der Waals surface area contributed by atoms with Crippen molar-refractivity contribution >= 4 is 11.6 Å². The number of amides is 1. The summed E-state index contributed by atoms with van der Waals surface area (Å²) in [5.74, 6) is 0.142. The second-order valence-electron chi connectivity index (χ2n) is 4.58. The van der Waals surface area contributed by atoms with Gasteiger partial charge in [0.15, 0.2) is 0 Å². The van der Waals surface area contributed by atoms with Crippen LogP contribution in [0.15, 0.2) is 18.2 Å². The lowest BCUT2D eigenvalue weighted by atomic mass is 10.00. The predicted molar refractivity (Wildman–Crippen MR) is 70.2 cm³/mol. The van der Waals surface area contributed by atoms with E-state index in [0.29, 0.717) is 0 Å². The molecule has 0 fully saturated rings. The Labute approximate surface area is 103 Å². The van der Waals surface area contributed by atoms with Gasteiger partial charge in [0.25, 0.3) is 0 Å². The van der Waals surface area contributed by atoms with Crippen LogP contribution in [0.2, 0.25) is 0 Å². The molecule has 0 aliphatic carbocycles. The number of aryl methyl sites for hydroxylation is 1. The summed E-state index contributed by atoms with van der Waals surface area (Å²) in [7, 11) is 0. The lowest BCUT2D eigenvalue weighted by Gasteiger charge is -2.15. The third-order valence-corrected chi connectivity index (χ3v) is 3.40. The van der Waals surface area contributed by atoms with Crippen LogP contribution in [-0.4, -0.2) is 19.0 Å². The standard InChI is InChI=1S/C14H20N2O/c1-11(17)16-10-8-13-12(5-2-3-9-15)6-4-7-14(13)16/h4,6-7H,2-3,5,8-10,15H2,1H3. The van der Waals surface area contributed by atoms with Crippen LogP contribution >= 0.6 is 0 Å². The average Bonchev–Trinajstić information content (AvgIpc) is 2.74. The zero-order chi connectivity index (χ0) is 12.3. The molecule has 1 aromatic carbocycles. The monoisotopic (exact) mass is 232 g/mol. The largest absolute Gasteiger partial charge is 0.330 e. The smallest absolute Gasteiger partial charge is 0.223 e. The van der Waals surface area contributed by atoms with E-state index in [9.17, 15) is 4.79 Å². The molecule has 1 aliphatic heterocycles. The fraction of sp³-hybridized carbons (Fsp3) is 0.500. The van der Waals surface area contributed by atoms with Gasteiger partial charge in [-0.05, 0) is 49.4 Å². The first kappa shape index (κ1) is 12.1. The van der Waals surface area contributed by atoms with E-state index in [2.05, 4.69) is 18.2 Å². The minimum atomic E-state index is 0.142. The molecule has 2 N–H and O–H groups in total. The Morgan fingerprint density at radius 1 is 1.41 bits per heavy atom. The van der Waals surface area contributed by atoms with Gasteiger partial charge in [-0.25, -0.2) is 0 Å². The molecule has 3 heteroatoms. The molecule has 0 aromatic heterocycles. The minimum Gasteiger partial charge on any atom is -0.330 e. The predicted octanol–water partition coefficient (Wildman–Crippen LogP) is 1.88. The van der Waals surface area contributed by atoms with Gasteiger partial charge in [-0.15, -0.1) is 0 Å². The van der Waals surface area contributed by atoms with E-state index in [-0.39, 0.29) is 5.91 Å². The molecule has 3 nitrogen and oxygen atoms in total. The number of carbonyl (C=O) groups excluding carboxylic acids is 1. The fourth-order valence-corrected chi connectivity index (χ4v) is 2.53. The molecule has 0 spiro atoms. The Hall–Kier alpha value is -1.35. The fourth-order valence-electron chi connectivity index (χ4n) is 2.53. The van der Waals surface area contributed by atoms with Gasteiger partial charge in [0, 0.05) is 19.2 Å². The van der Waals surface area contributed by atoms with Crippen LogP contribution in [0.25, 0.3) is 0 Å². The van der Waals surface area contributed by atoms with Crippen molar-refractivity contribution in [3.8, 4) is 0 Å². The Bertz CT molecular complexity index is 415. The SMILES string of the molecule is CC(=O)N1CCc2c(CCCCN)cccc21. The van der Waals surface area contributed by atoms with Gasteiger partial charge in [0.05, 0.1) is 0 Å². The summed E-state index contributed by atoms with van der Waals surface area (Å²) in [6, 6.07) is 6.28. The highest BCUT2D eigenvalue weighted by atomic mass is 16.2. The maximum absolute atomic E-state index is 11.5. The molecule has 1 aromatic rings. The molecule has 1 heterocycles. The summed E-state index contributed by atoms with van der Waals surface area (Å²) in [6.45, 7) is 3.23. The summed E-state index contributed by atoms with van der Waals surface area (Å²) in [5, 5.41) is 0. The topological polar surface area (TPSA) is 46.3 Å². The molecule has 0 atom stereocenters. The molecule has 92 valence electrons. The number of hydrogen-bond donors (Lipinski definition) is 1. The molecule has 0 unspecified atom stereocenters. The molecule has 17 heavy (non-hydrogen) atoms. The van der Waals surface area contributed by atoms with Crippen LogP contribution in [0.3, 0.4) is 0 Å². The van der Waals surface area contributed by atoms with E-state index in [0.717, 1.165) is 44.5 Å². The highest BCUT2D eigenvalue weighted by molar-refractivity contribution is 5.94. The number of hydrogen-bond acceptors (Lipinski definition) is 2. The third-order valence-electron chi connectivity index (χ3n) is 3.40. The molecule has 0 saturated carbocycles. The lowest BCUT2D eigenvalue weighted by molar-refractivity contribution is -0.116. The third kappa shape index (κ3) is 2.50. The Morgan fingerprint density at radius 2 is 2.24 bits per heavy atom. The average molecular weight is 232 g/mol. The highest BCUT2D eigenvalue weighted by Gasteiger charge is 2.23. The van der Waals surface area contributed by atoms with Crippen LogP contribution in [0.1, 0.15) is 30.9 Å². The summed E-state index contributed by atoms with van der Waals surface area (Å²) in [5.41, 5.74) is 9.38. The molecule has 1 aliphatic rings. The number of rotatable bonds is 4. The van der Waals surface area contributed by atoms with E-state index in [4.69, 9.17) is 5.73 Å². The Kier molecular flexibility index (Phi) is 3.79. The van der Waals surface area contributed by atoms with Crippen molar-refractivity contribution in [2.75, 3.05) is 18.0 Å². The summed E-state index contributed by atoms with van der Waals surface area (Å²) in [4.78, 5) is 13.4. The van der Waals surface area contributed by atoms with Crippen LogP contribution in [0.4, 0.5) is 5.69 Å². The van der Waals surface area contributed by atoms with Crippen molar-refractivity contribution in [3.05, 3.63) is 29.3 Å². The first-order valence-electron chi connectivity index (χ1n) is 6.33. The molecule has 2 rings (SSSR count). The maximum atomic E-state index is 11.5. The molecular formula is C14H20N2O. The molecular weight excluding hydrogens is 212 g/mol. The van der Waals surface area contributed by atoms with Gasteiger partial charge in [-0.3, -0.25) is 4.79 Å². The number of nitrogens with zero attached hydrogens (tertiary/aromatic N) is 1. The second kappa shape index (κ2) is 5.32. The molecule has 1 amide bonds. The number of fused-ring (bicyclic) bond motifs is 1. The highest BCUT2D eigenvalue weighted by Crippen LogP contribution is 2.31. The van der Waals surface area contributed by atoms with Crippen molar-refractivity contribution in [1.82, 2.24) is 0 Å². The summed E-state index contributed by atoms with van der Waals surface area (Å²) >= 11 is 0. The summed E-state index contributed by atoms with van der Waals surface area (Å²) < 4.78 is 0. The van der Waals surface area contributed by atoms with E-state index >= 15 is 0 Å². The van der Waals surface area contributed by atoms with Crippen molar-refractivity contribution in [3.63, 3.8) is 0 Å². The second-order valence-corrected chi connectivity index (χ2v) is 4.58. The summed E-state index contributed by atoms with van der Waals surface area (Å²) in [6.07, 6.45) is 4.27. The zero-order valence-electron chi connectivity index (χ0n) is 10.4. The van der Waals surface area contributed by atoms with E-state index in [1.807, 2.05) is 4.90 Å². The molecule has 0 saturated heterocycles. The number of nitrogens with two attached hydrogens (primary N) is 1. The van der Waals surface area contributed by atoms with Gasteiger partial charge in [0.1, 0.15) is 0 Å². The van der Waals surface area contributed by atoms with E-state index < -0.39 is 0 Å². The lowest BCUT2D eigenvalue weighted by Crippen LogP contribution is -2.25. The molecule has 0 bridgehead atoms. The van der Waals surface area contributed by atoms with E-state index in [1.165, 1.54) is 11.1 Å². The van der Waals surface area contributed by atoms with Crippen molar-refractivity contribution in [1.29, 1.82) is 0 Å². The van der Waals surface area contributed by atoms with Crippen LogP contribution in [0.5, 0.6) is 0 Å². The molecule has 0 radical (unpaired) electrons. The Balaban J connectivity index is 2.18. The van der Waals surface area contributed by atoms with Gasteiger partial charge in [-0.1, -0.05) is 12.1 Å².